The molecule has 0 unspecified atom stereocenters. The second-order valence-corrected chi connectivity index (χ2v) is 5.67. The van der Waals surface area contributed by atoms with Gasteiger partial charge in [0.05, 0.1) is 6.54 Å². The molecule has 0 N–H and O–H groups in total. The van der Waals surface area contributed by atoms with Gasteiger partial charge in [-0.05, 0) is 12.8 Å². The Morgan fingerprint density at radius 1 is 1.30 bits per heavy atom. The molecular formula is C14H24N4O2. The molecule has 1 aromatic heterocycles. The first-order valence-corrected chi connectivity index (χ1v) is 7.34. The second-order valence-electron chi connectivity index (χ2n) is 5.67. The predicted octanol–water partition coefficient (Wildman–Crippen LogP) is 1.24. The molecular weight excluding hydrogens is 256 g/mol. The van der Waals surface area contributed by atoms with E-state index in [1.807, 2.05) is 11.8 Å². The molecule has 0 saturated heterocycles. The standard InChI is InChI=1S/C14H24N4O2/c1-5-12-15-16-13-8-17(6-7-18(12)13)14(19)11(4)20-9-10(2)3/h10-11H,5-9H2,1-4H3/t11-/m0/s1. The zero-order chi connectivity index (χ0) is 14.7. The average molecular weight is 280 g/mol. The molecule has 1 aromatic rings. The molecule has 0 aromatic carbocycles. The molecule has 1 atom stereocenters. The highest BCUT2D eigenvalue weighted by molar-refractivity contribution is 5.80. The summed E-state index contributed by atoms with van der Waals surface area (Å²) in [6.45, 7) is 10.6. The SMILES string of the molecule is CCc1nnc2n1CCN(C(=O)[C@H](C)OCC(C)C)C2. The summed E-state index contributed by atoms with van der Waals surface area (Å²) in [4.78, 5) is 14.2. The van der Waals surface area contributed by atoms with E-state index >= 15 is 0 Å². The van der Waals surface area contributed by atoms with Crippen LogP contribution in [0.1, 0.15) is 39.3 Å². The Balaban J connectivity index is 1.96. The van der Waals surface area contributed by atoms with Crippen molar-refractivity contribution in [3.05, 3.63) is 11.6 Å². The van der Waals surface area contributed by atoms with Gasteiger partial charge in [0.1, 0.15) is 11.9 Å². The van der Waals surface area contributed by atoms with Crippen LogP contribution in [0.4, 0.5) is 0 Å². The first kappa shape index (κ1) is 15.0. The summed E-state index contributed by atoms with van der Waals surface area (Å²) in [5.74, 6) is 2.34. The minimum absolute atomic E-state index is 0.0398. The summed E-state index contributed by atoms with van der Waals surface area (Å²) < 4.78 is 7.71. The average Bonchev–Trinajstić information content (AvgIpc) is 2.85. The smallest absolute Gasteiger partial charge is 0.251 e. The van der Waals surface area contributed by atoms with Crippen molar-refractivity contribution in [3.63, 3.8) is 0 Å². The van der Waals surface area contributed by atoms with Crippen LogP contribution < -0.4 is 0 Å². The number of rotatable bonds is 5. The van der Waals surface area contributed by atoms with Crippen molar-refractivity contribution in [2.75, 3.05) is 13.2 Å². The van der Waals surface area contributed by atoms with Crippen LogP contribution in [-0.2, 0) is 29.0 Å². The lowest BCUT2D eigenvalue weighted by atomic mass is 10.2. The number of carbonyl (C=O) groups excluding carboxylic acids is 1. The first-order valence-electron chi connectivity index (χ1n) is 7.34. The van der Waals surface area contributed by atoms with Crippen LogP contribution in [-0.4, -0.2) is 44.8 Å². The lowest BCUT2D eigenvalue weighted by molar-refractivity contribution is -0.144. The van der Waals surface area contributed by atoms with Gasteiger partial charge in [-0.3, -0.25) is 4.79 Å². The summed E-state index contributed by atoms with van der Waals surface area (Å²) in [7, 11) is 0. The molecule has 1 aliphatic heterocycles. The number of nitrogens with zero attached hydrogens (tertiary/aromatic N) is 4. The molecule has 0 spiro atoms. The highest BCUT2D eigenvalue weighted by atomic mass is 16.5. The van der Waals surface area contributed by atoms with Gasteiger partial charge in [0.2, 0.25) is 0 Å². The fourth-order valence-electron chi connectivity index (χ4n) is 2.33. The van der Waals surface area contributed by atoms with Gasteiger partial charge >= 0.3 is 0 Å². The van der Waals surface area contributed by atoms with Crippen LogP contribution in [0.25, 0.3) is 0 Å². The number of hydrogen-bond donors (Lipinski definition) is 0. The van der Waals surface area contributed by atoms with Crippen LogP contribution in [0.5, 0.6) is 0 Å². The van der Waals surface area contributed by atoms with E-state index in [0.29, 0.717) is 25.6 Å². The molecule has 0 aliphatic carbocycles. The van der Waals surface area contributed by atoms with E-state index in [0.717, 1.165) is 24.6 Å². The van der Waals surface area contributed by atoms with E-state index in [2.05, 4.69) is 35.5 Å². The summed E-state index contributed by atoms with van der Waals surface area (Å²) in [6.07, 6.45) is 0.479. The number of aryl methyl sites for hydroxylation is 1. The van der Waals surface area contributed by atoms with Crippen molar-refractivity contribution in [1.29, 1.82) is 0 Å². The van der Waals surface area contributed by atoms with E-state index in [1.54, 1.807) is 0 Å². The largest absolute Gasteiger partial charge is 0.368 e. The number of carbonyl (C=O) groups is 1. The molecule has 0 saturated carbocycles. The van der Waals surface area contributed by atoms with Crippen molar-refractivity contribution in [3.8, 4) is 0 Å². The van der Waals surface area contributed by atoms with Crippen molar-refractivity contribution < 1.29 is 9.53 Å². The van der Waals surface area contributed by atoms with E-state index in [1.165, 1.54) is 0 Å². The predicted molar refractivity (Wildman–Crippen MR) is 75.1 cm³/mol. The minimum Gasteiger partial charge on any atom is -0.368 e. The Labute approximate surface area is 120 Å². The Hall–Kier alpha value is -1.43. The topological polar surface area (TPSA) is 60.2 Å². The van der Waals surface area contributed by atoms with Crippen molar-refractivity contribution in [2.45, 2.75) is 53.3 Å². The van der Waals surface area contributed by atoms with Crippen molar-refractivity contribution in [2.24, 2.45) is 5.92 Å². The maximum Gasteiger partial charge on any atom is 0.251 e. The van der Waals surface area contributed by atoms with Gasteiger partial charge in [-0.25, -0.2) is 0 Å². The van der Waals surface area contributed by atoms with Crippen LogP contribution in [0.2, 0.25) is 0 Å². The maximum absolute atomic E-state index is 12.3. The monoisotopic (exact) mass is 280 g/mol. The molecule has 0 radical (unpaired) electrons. The fourth-order valence-corrected chi connectivity index (χ4v) is 2.33. The van der Waals surface area contributed by atoms with Gasteiger partial charge in [-0.1, -0.05) is 20.8 Å². The third-order valence-corrected chi connectivity index (χ3v) is 3.49. The Morgan fingerprint density at radius 3 is 2.70 bits per heavy atom. The van der Waals surface area contributed by atoms with E-state index in [4.69, 9.17) is 4.74 Å². The van der Waals surface area contributed by atoms with E-state index < -0.39 is 6.10 Å². The summed E-state index contributed by atoms with van der Waals surface area (Å²) >= 11 is 0. The lowest BCUT2D eigenvalue weighted by Crippen LogP contribution is -2.44. The third kappa shape index (κ3) is 3.17. The first-order chi connectivity index (χ1) is 9.52. The van der Waals surface area contributed by atoms with Gasteiger partial charge in [0.15, 0.2) is 5.82 Å². The van der Waals surface area contributed by atoms with Crippen LogP contribution in [0.15, 0.2) is 0 Å². The van der Waals surface area contributed by atoms with Gasteiger partial charge in [0.25, 0.3) is 5.91 Å². The fraction of sp³-hybridized carbons (Fsp3) is 0.786. The van der Waals surface area contributed by atoms with Crippen LogP contribution in [0.3, 0.4) is 0 Å². The summed E-state index contributed by atoms with van der Waals surface area (Å²) in [6, 6.07) is 0. The Morgan fingerprint density at radius 2 is 2.05 bits per heavy atom. The molecule has 112 valence electrons. The van der Waals surface area contributed by atoms with Gasteiger partial charge in [-0.15, -0.1) is 10.2 Å². The molecule has 1 aliphatic rings. The molecule has 2 heterocycles. The molecule has 0 fully saturated rings. The number of ether oxygens (including phenoxy) is 1. The van der Waals surface area contributed by atoms with Crippen LogP contribution >= 0.6 is 0 Å². The van der Waals surface area contributed by atoms with E-state index in [9.17, 15) is 4.79 Å². The zero-order valence-electron chi connectivity index (χ0n) is 12.8. The number of aromatic nitrogens is 3. The molecule has 20 heavy (non-hydrogen) atoms. The van der Waals surface area contributed by atoms with Gasteiger partial charge < -0.3 is 14.2 Å². The highest BCUT2D eigenvalue weighted by Crippen LogP contribution is 2.14. The van der Waals surface area contributed by atoms with Crippen LogP contribution in [0, 0.1) is 5.92 Å². The maximum atomic E-state index is 12.3. The highest BCUT2D eigenvalue weighted by Gasteiger charge is 2.27. The lowest BCUT2D eigenvalue weighted by Gasteiger charge is -2.30. The van der Waals surface area contributed by atoms with Crippen molar-refractivity contribution in [1.82, 2.24) is 19.7 Å². The number of hydrogen-bond acceptors (Lipinski definition) is 4. The minimum atomic E-state index is -0.391. The molecule has 6 heteroatoms. The molecule has 6 nitrogen and oxygen atoms in total. The molecule has 0 bridgehead atoms. The van der Waals surface area contributed by atoms with Gasteiger partial charge in [0, 0.05) is 26.1 Å². The van der Waals surface area contributed by atoms with E-state index in [-0.39, 0.29) is 5.91 Å². The second kappa shape index (κ2) is 6.35. The summed E-state index contributed by atoms with van der Waals surface area (Å²) in [5.41, 5.74) is 0. The zero-order valence-corrected chi connectivity index (χ0v) is 12.8. The quantitative estimate of drug-likeness (QED) is 0.814. The number of amides is 1. The summed E-state index contributed by atoms with van der Waals surface area (Å²) in [5, 5.41) is 8.33. The molecule has 2 rings (SSSR count). The molecule has 1 amide bonds. The number of fused-ring (bicyclic) bond motifs is 1. The third-order valence-electron chi connectivity index (χ3n) is 3.49. The van der Waals surface area contributed by atoms with Gasteiger partial charge in [-0.2, -0.15) is 0 Å². The Bertz CT molecular complexity index is 470. The Kier molecular flexibility index (Phi) is 4.75. The van der Waals surface area contributed by atoms with Crippen molar-refractivity contribution >= 4 is 5.91 Å². The normalized spacial score (nSPS) is 16.4.